The van der Waals surface area contributed by atoms with Gasteiger partial charge in [0, 0.05) is 17.0 Å². The van der Waals surface area contributed by atoms with Gasteiger partial charge in [0.15, 0.2) is 11.5 Å². The van der Waals surface area contributed by atoms with Gasteiger partial charge in [-0.3, -0.25) is 4.79 Å². The predicted molar refractivity (Wildman–Crippen MR) is 95.5 cm³/mol. The molecule has 0 aromatic heterocycles. The molecule has 1 amide bonds. The number of carbonyl (C=O) groups is 1. The summed E-state index contributed by atoms with van der Waals surface area (Å²) in [5.41, 5.74) is 1.91. The largest absolute Gasteiger partial charge is 0.493 e. The lowest BCUT2D eigenvalue weighted by atomic mass is 10.2. The van der Waals surface area contributed by atoms with E-state index in [9.17, 15) is 4.79 Å². The third-order valence-corrected chi connectivity index (χ3v) is 4.60. The third kappa shape index (κ3) is 4.93. The predicted octanol–water partition coefficient (Wildman–Crippen LogP) is 4.14. The smallest absolute Gasteiger partial charge is 0.234 e. The molecule has 0 spiro atoms. The van der Waals surface area contributed by atoms with Gasteiger partial charge in [-0.25, -0.2) is 0 Å². The van der Waals surface area contributed by atoms with E-state index in [1.165, 1.54) is 5.56 Å². The standard InChI is InChI=1S/C18H21NO3S/c1-13(14-7-5-4-6-8-14)23-12-18(20)19-15-9-10-16(21-2)17(11-15)22-3/h4-11,13H,12H2,1-3H3,(H,19,20)/t13-/m0/s1. The molecule has 0 bridgehead atoms. The molecule has 5 heteroatoms. The molecule has 2 rings (SSSR count). The zero-order valence-corrected chi connectivity index (χ0v) is 14.4. The van der Waals surface area contributed by atoms with Crippen LogP contribution in [0.2, 0.25) is 0 Å². The minimum Gasteiger partial charge on any atom is -0.493 e. The van der Waals surface area contributed by atoms with E-state index in [-0.39, 0.29) is 11.2 Å². The molecule has 122 valence electrons. The number of hydrogen-bond donors (Lipinski definition) is 1. The van der Waals surface area contributed by atoms with Crippen molar-refractivity contribution in [2.24, 2.45) is 0 Å². The number of methoxy groups -OCH3 is 2. The first-order chi connectivity index (χ1) is 11.1. The number of benzene rings is 2. The van der Waals surface area contributed by atoms with Gasteiger partial charge >= 0.3 is 0 Å². The summed E-state index contributed by atoms with van der Waals surface area (Å²) in [7, 11) is 3.15. The van der Waals surface area contributed by atoms with Crippen LogP contribution in [0, 0.1) is 0 Å². The molecule has 0 aliphatic carbocycles. The summed E-state index contributed by atoms with van der Waals surface area (Å²) in [6.45, 7) is 2.10. The van der Waals surface area contributed by atoms with Crippen molar-refractivity contribution in [1.82, 2.24) is 0 Å². The number of anilines is 1. The van der Waals surface area contributed by atoms with E-state index in [0.29, 0.717) is 22.9 Å². The van der Waals surface area contributed by atoms with E-state index < -0.39 is 0 Å². The van der Waals surface area contributed by atoms with Gasteiger partial charge in [-0.2, -0.15) is 0 Å². The molecule has 4 nitrogen and oxygen atoms in total. The second-order valence-corrected chi connectivity index (χ2v) is 6.31. The van der Waals surface area contributed by atoms with Crippen LogP contribution in [0.4, 0.5) is 5.69 Å². The van der Waals surface area contributed by atoms with E-state index in [2.05, 4.69) is 24.4 Å². The lowest BCUT2D eigenvalue weighted by Crippen LogP contribution is -2.14. The lowest BCUT2D eigenvalue weighted by molar-refractivity contribution is -0.113. The van der Waals surface area contributed by atoms with E-state index in [1.54, 1.807) is 44.2 Å². The maximum absolute atomic E-state index is 12.1. The third-order valence-electron chi connectivity index (χ3n) is 3.40. The molecule has 0 fully saturated rings. The summed E-state index contributed by atoms with van der Waals surface area (Å²) in [4.78, 5) is 12.1. The fraction of sp³-hybridized carbons (Fsp3) is 0.278. The first-order valence-electron chi connectivity index (χ1n) is 7.32. The Kier molecular flexibility index (Phi) is 6.35. The van der Waals surface area contributed by atoms with Crippen molar-refractivity contribution in [3.05, 3.63) is 54.1 Å². The molecular weight excluding hydrogens is 310 g/mol. The van der Waals surface area contributed by atoms with Crippen molar-refractivity contribution >= 4 is 23.4 Å². The Bertz CT molecular complexity index is 646. The van der Waals surface area contributed by atoms with Gasteiger partial charge in [-0.15, -0.1) is 11.8 Å². The van der Waals surface area contributed by atoms with Gasteiger partial charge in [-0.05, 0) is 24.6 Å². The van der Waals surface area contributed by atoms with Crippen molar-refractivity contribution in [2.45, 2.75) is 12.2 Å². The van der Waals surface area contributed by atoms with Crippen LogP contribution in [-0.2, 0) is 4.79 Å². The number of thioether (sulfide) groups is 1. The van der Waals surface area contributed by atoms with Gasteiger partial charge in [0.2, 0.25) is 5.91 Å². The van der Waals surface area contributed by atoms with Gasteiger partial charge in [0.1, 0.15) is 0 Å². The fourth-order valence-corrected chi connectivity index (χ4v) is 2.96. The van der Waals surface area contributed by atoms with Crippen LogP contribution >= 0.6 is 11.8 Å². The summed E-state index contributed by atoms with van der Waals surface area (Å²) >= 11 is 1.61. The highest BCUT2D eigenvalue weighted by Gasteiger charge is 2.11. The molecule has 0 unspecified atom stereocenters. The van der Waals surface area contributed by atoms with Crippen molar-refractivity contribution in [2.75, 3.05) is 25.3 Å². The number of hydrogen-bond acceptors (Lipinski definition) is 4. The Morgan fingerprint density at radius 2 is 1.78 bits per heavy atom. The molecule has 23 heavy (non-hydrogen) atoms. The normalized spacial score (nSPS) is 11.6. The van der Waals surface area contributed by atoms with Crippen LogP contribution in [0.15, 0.2) is 48.5 Å². The summed E-state index contributed by atoms with van der Waals surface area (Å²) in [5.74, 6) is 1.59. The van der Waals surface area contributed by atoms with Crippen molar-refractivity contribution < 1.29 is 14.3 Å². The van der Waals surface area contributed by atoms with Crippen molar-refractivity contribution in [3.8, 4) is 11.5 Å². The quantitative estimate of drug-likeness (QED) is 0.828. The number of nitrogens with one attached hydrogen (secondary N) is 1. The highest BCUT2D eigenvalue weighted by molar-refractivity contribution is 8.00. The van der Waals surface area contributed by atoms with Gasteiger partial charge in [0.25, 0.3) is 0 Å². The van der Waals surface area contributed by atoms with Crippen molar-refractivity contribution in [1.29, 1.82) is 0 Å². The summed E-state index contributed by atoms with van der Waals surface area (Å²) in [5, 5.41) is 3.15. The van der Waals surface area contributed by atoms with Crippen LogP contribution < -0.4 is 14.8 Å². The Labute approximate surface area is 141 Å². The number of amides is 1. The molecule has 1 atom stereocenters. The molecule has 2 aromatic carbocycles. The van der Waals surface area contributed by atoms with E-state index in [0.717, 1.165) is 0 Å². The summed E-state index contributed by atoms with van der Waals surface area (Å²) in [6.07, 6.45) is 0. The van der Waals surface area contributed by atoms with Crippen LogP contribution in [0.5, 0.6) is 11.5 Å². The Balaban J connectivity index is 1.90. The minimum absolute atomic E-state index is 0.0370. The van der Waals surface area contributed by atoms with Crippen LogP contribution in [0.1, 0.15) is 17.7 Å². The SMILES string of the molecule is COc1ccc(NC(=O)CS[C@@H](C)c2ccccc2)cc1OC. The first-order valence-corrected chi connectivity index (χ1v) is 8.37. The average Bonchev–Trinajstić information content (AvgIpc) is 2.60. The van der Waals surface area contributed by atoms with E-state index in [1.807, 2.05) is 18.2 Å². The van der Waals surface area contributed by atoms with Crippen LogP contribution in [0.3, 0.4) is 0 Å². The van der Waals surface area contributed by atoms with E-state index in [4.69, 9.17) is 9.47 Å². The van der Waals surface area contributed by atoms with E-state index >= 15 is 0 Å². The maximum atomic E-state index is 12.1. The number of rotatable bonds is 7. The summed E-state index contributed by atoms with van der Waals surface area (Å²) < 4.78 is 10.4. The molecule has 0 aliphatic heterocycles. The molecule has 0 saturated carbocycles. The van der Waals surface area contributed by atoms with Gasteiger partial charge < -0.3 is 14.8 Å². The molecule has 0 heterocycles. The Morgan fingerprint density at radius 1 is 1.09 bits per heavy atom. The van der Waals surface area contributed by atoms with Crippen molar-refractivity contribution in [3.63, 3.8) is 0 Å². The average molecular weight is 331 g/mol. The molecular formula is C18H21NO3S. The molecule has 0 radical (unpaired) electrons. The van der Waals surface area contributed by atoms with Gasteiger partial charge in [0.05, 0.1) is 20.0 Å². The topological polar surface area (TPSA) is 47.6 Å². The molecule has 2 aromatic rings. The van der Waals surface area contributed by atoms with Gasteiger partial charge in [-0.1, -0.05) is 30.3 Å². The number of carbonyl (C=O) groups excluding carboxylic acids is 1. The summed E-state index contributed by atoms with van der Waals surface area (Å²) in [6, 6.07) is 15.5. The highest BCUT2D eigenvalue weighted by Crippen LogP contribution is 2.30. The molecule has 1 N–H and O–H groups in total. The molecule has 0 saturated heterocycles. The minimum atomic E-state index is -0.0370. The first kappa shape index (κ1) is 17.2. The van der Waals surface area contributed by atoms with Crippen LogP contribution in [-0.4, -0.2) is 25.9 Å². The highest BCUT2D eigenvalue weighted by atomic mass is 32.2. The fourth-order valence-electron chi connectivity index (χ4n) is 2.13. The zero-order chi connectivity index (χ0) is 16.7. The number of ether oxygens (including phenoxy) is 2. The zero-order valence-electron chi connectivity index (χ0n) is 13.5. The monoisotopic (exact) mass is 331 g/mol. The lowest BCUT2D eigenvalue weighted by Gasteiger charge is -2.13. The second-order valence-electron chi connectivity index (χ2n) is 4.98. The Morgan fingerprint density at radius 3 is 2.43 bits per heavy atom. The molecule has 0 aliphatic rings. The maximum Gasteiger partial charge on any atom is 0.234 e. The Hall–Kier alpha value is -2.14. The van der Waals surface area contributed by atoms with Crippen LogP contribution in [0.25, 0.3) is 0 Å². The second kappa shape index (κ2) is 8.48.